The van der Waals surface area contributed by atoms with Crippen LogP contribution in [0.1, 0.15) is 27.2 Å². The van der Waals surface area contributed by atoms with E-state index in [0.29, 0.717) is 19.0 Å². The van der Waals surface area contributed by atoms with Crippen LogP contribution >= 0.6 is 0 Å². The van der Waals surface area contributed by atoms with Gasteiger partial charge >= 0.3 is 6.09 Å². The van der Waals surface area contributed by atoms with E-state index in [9.17, 15) is 9.59 Å². The van der Waals surface area contributed by atoms with Gasteiger partial charge in [-0.3, -0.25) is 9.69 Å². The molecule has 27 heavy (non-hydrogen) atoms. The van der Waals surface area contributed by atoms with Crippen molar-refractivity contribution in [1.82, 2.24) is 24.3 Å². The van der Waals surface area contributed by atoms with Gasteiger partial charge in [0, 0.05) is 51.7 Å². The maximum absolute atomic E-state index is 13.2. The SMILES string of the molecule is CN1CCN(C(=O)OC(C)(C)C)C(C(=O)N2CC[C@@H](Cn3ccnc3)C2)C1. The number of nitrogens with zero attached hydrogens (tertiary/aromatic N) is 5. The lowest BCUT2D eigenvalue weighted by Crippen LogP contribution is -2.60. The van der Waals surface area contributed by atoms with Gasteiger partial charge in [0.2, 0.25) is 5.91 Å². The van der Waals surface area contributed by atoms with Gasteiger partial charge in [-0.2, -0.15) is 0 Å². The Labute approximate surface area is 161 Å². The van der Waals surface area contributed by atoms with Crippen molar-refractivity contribution in [2.24, 2.45) is 5.92 Å². The molecule has 2 saturated heterocycles. The molecular weight excluding hydrogens is 346 g/mol. The van der Waals surface area contributed by atoms with Crippen LogP contribution in [-0.4, -0.2) is 87.7 Å². The molecule has 3 heterocycles. The molecule has 3 rings (SSSR count). The van der Waals surface area contributed by atoms with Crippen LogP contribution in [0.2, 0.25) is 0 Å². The van der Waals surface area contributed by atoms with E-state index in [2.05, 4.69) is 14.5 Å². The molecule has 8 nitrogen and oxygen atoms in total. The lowest BCUT2D eigenvalue weighted by atomic mass is 10.1. The van der Waals surface area contributed by atoms with Crippen LogP contribution in [0.3, 0.4) is 0 Å². The minimum Gasteiger partial charge on any atom is -0.444 e. The number of carbonyl (C=O) groups is 2. The number of aromatic nitrogens is 2. The van der Waals surface area contributed by atoms with Gasteiger partial charge in [-0.25, -0.2) is 9.78 Å². The predicted octanol–water partition coefficient (Wildman–Crippen LogP) is 1.28. The monoisotopic (exact) mass is 377 g/mol. The van der Waals surface area contributed by atoms with Gasteiger partial charge in [-0.05, 0) is 40.2 Å². The van der Waals surface area contributed by atoms with Gasteiger partial charge in [0.25, 0.3) is 0 Å². The zero-order valence-corrected chi connectivity index (χ0v) is 16.8. The van der Waals surface area contributed by atoms with Crippen LogP contribution in [0.25, 0.3) is 0 Å². The van der Waals surface area contributed by atoms with E-state index >= 15 is 0 Å². The third-order valence-electron chi connectivity index (χ3n) is 5.12. The fourth-order valence-electron chi connectivity index (χ4n) is 3.76. The Balaban J connectivity index is 1.64. The molecule has 0 bridgehead atoms. The first-order chi connectivity index (χ1) is 12.7. The molecule has 2 fully saturated rings. The number of ether oxygens (including phenoxy) is 1. The normalized spacial score (nSPS) is 24.3. The molecule has 2 aliphatic rings. The van der Waals surface area contributed by atoms with Gasteiger partial charge < -0.3 is 19.1 Å². The summed E-state index contributed by atoms with van der Waals surface area (Å²) in [5.41, 5.74) is -0.572. The number of rotatable bonds is 3. The third-order valence-corrected chi connectivity index (χ3v) is 5.12. The number of likely N-dealkylation sites (N-methyl/N-ethyl adjacent to an activating group) is 1. The summed E-state index contributed by atoms with van der Waals surface area (Å²) in [7, 11) is 1.98. The fraction of sp³-hybridized carbons (Fsp3) is 0.737. The number of piperazine rings is 1. The molecule has 0 radical (unpaired) electrons. The maximum Gasteiger partial charge on any atom is 0.411 e. The third kappa shape index (κ3) is 5.00. The van der Waals surface area contributed by atoms with Crippen molar-refractivity contribution in [3.63, 3.8) is 0 Å². The standard InChI is InChI=1S/C19H31N5O3/c1-19(2,3)27-18(26)24-10-9-21(4)13-16(24)17(25)23-7-5-15(12-23)11-22-8-6-20-14-22/h6,8,14-16H,5,7,9-13H2,1-4H3/t15-,16?/m0/s1. The van der Waals surface area contributed by atoms with Crippen LogP contribution in [0.5, 0.6) is 0 Å². The van der Waals surface area contributed by atoms with Crippen LogP contribution in [0, 0.1) is 5.92 Å². The highest BCUT2D eigenvalue weighted by atomic mass is 16.6. The van der Waals surface area contributed by atoms with E-state index in [1.54, 1.807) is 11.1 Å². The summed E-state index contributed by atoms with van der Waals surface area (Å²) in [6, 6.07) is -0.481. The van der Waals surface area contributed by atoms with E-state index in [4.69, 9.17) is 4.74 Å². The first-order valence-corrected chi connectivity index (χ1v) is 9.65. The van der Waals surface area contributed by atoms with E-state index in [-0.39, 0.29) is 5.91 Å². The molecule has 0 spiro atoms. The van der Waals surface area contributed by atoms with Crippen molar-refractivity contribution in [2.45, 2.75) is 45.4 Å². The fourth-order valence-corrected chi connectivity index (χ4v) is 3.76. The first-order valence-electron chi connectivity index (χ1n) is 9.65. The molecule has 1 aromatic heterocycles. The number of amides is 2. The topological polar surface area (TPSA) is 70.9 Å². The summed E-state index contributed by atoms with van der Waals surface area (Å²) in [6.07, 6.45) is 6.10. The minimum absolute atomic E-state index is 0.0283. The molecule has 2 aliphatic heterocycles. The molecular formula is C19H31N5O3. The highest BCUT2D eigenvalue weighted by molar-refractivity contribution is 5.86. The second-order valence-electron chi connectivity index (χ2n) is 8.65. The van der Waals surface area contributed by atoms with E-state index in [1.165, 1.54) is 0 Å². The second kappa shape index (κ2) is 7.88. The molecule has 150 valence electrons. The molecule has 2 atom stereocenters. The Morgan fingerprint density at radius 1 is 1.19 bits per heavy atom. The van der Waals surface area contributed by atoms with Crippen molar-refractivity contribution < 1.29 is 14.3 Å². The lowest BCUT2D eigenvalue weighted by molar-refractivity contribution is -0.138. The Morgan fingerprint density at radius 2 is 1.96 bits per heavy atom. The van der Waals surface area contributed by atoms with Gasteiger partial charge in [0.1, 0.15) is 11.6 Å². The lowest BCUT2D eigenvalue weighted by Gasteiger charge is -2.40. The highest BCUT2D eigenvalue weighted by Gasteiger charge is 2.40. The van der Waals surface area contributed by atoms with Crippen molar-refractivity contribution >= 4 is 12.0 Å². The van der Waals surface area contributed by atoms with Crippen molar-refractivity contribution in [3.05, 3.63) is 18.7 Å². The summed E-state index contributed by atoms with van der Waals surface area (Å²) in [5.74, 6) is 0.444. The Hall–Kier alpha value is -2.09. The van der Waals surface area contributed by atoms with E-state index in [0.717, 1.165) is 32.6 Å². The Morgan fingerprint density at radius 3 is 2.63 bits per heavy atom. The zero-order chi connectivity index (χ0) is 19.6. The molecule has 0 aliphatic carbocycles. The Kier molecular flexibility index (Phi) is 5.74. The van der Waals surface area contributed by atoms with Crippen LogP contribution in [-0.2, 0) is 16.1 Å². The van der Waals surface area contributed by atoms with E-state index in [1.807, 2.05) is 45.2 Å². The highest BCUT2D eigenvalue weighted by Crippen LogP contribution is 2.22. The van der Waals surface area contributed by atoms with E-state index < -0.39 is 17.7 Å². The molecule has 0 saturated carbocycles. The van der Waals surface area contributed by atoms with Crippen LogP contribution in [0.15, 0.2) is 18.7 Å². The largest absolute Gasteiger partial charge is 0.444 e. The predicted molar refractivity (Wildman–Crippen MR) is 101 cm³/mol. The summed E-state index contributed by atoms with van der Waals surface area (Å²) in [5, 5.41) is 0. The number of hydrogen-bond donors (Lipinski definition) is 0. The molecule has 8 heteroatoms. The number of likely N-dealkylation sites (tertiary alicyclic amines) is 1. The molecule has 1 unspecified atom stereocenters. The second-order valence-corrected chi connectivity index (χ2v) is 8.65. The molecule has 0 N–H and O–H groups in total. The zero-order valence-electron chi connectivity index (χ0n) is 16.8. The van der Waals surface area contributed by atoms with Gasteiger partial charge in [0.15, 0.2) is 0 Å². The number of carbonyl (C=O) groups excluding carboxylic acids is 2. The number of imidazole rings is 1. The van der Waals surface area contributed by atoms with Crippen LogP contribution in [0.4, 0.5) is 4.79 Å². The Bertz CT molecular complexity index is 655. The van der Waals surface area contributed by atoms with Crippen molar-refractivity contribution in [2.75, 3.05) is 39.8 Å². The van der Waals surface area contributed by atoms with Gasteiger partial charge in [-0.15, -0.1) is 0 Å². The molecule has 2 amide bonds. The van der Waals surface area contributed by atoms with Gasteiger partial charge in [-0.1, -0.05) is 0 Å². The average Bonchev–Trinajstić information content (AvgIpc) is 3.25. The summed E-state index contributed by atoms with van der Waals surface area (Å²) < 4.78 is 7.59. The average molecular weight is 377 g/mol. The summed E-state index contributed by atoms with van der Waals surface area (Å²) in [6.45, 7) is 9.65. The maximum atomic E-state index is 13.2. The first kappa shape index (κ1) is 19.7. The smallest absolute Gasteiger partial charge is 0.411 e. The van der Waals surface area contributed by atoms with Crippen molar-refractivity contribution in [1.29, 1.82) is 0 Å². The van der Waals surface area contributed by atoms with Crippen LogP contribution < -0.4 is 0 Å². The summed E-state index contributed by atoms with van der Waals surface area (Å²) >= 11 is 0. The summed E-state index contributed by atoms with van der Waals surface area (Å²) in [4.78, 5) is 35.5. The molecule has 0 aromatic carbocycles. The number of hydrogen-bond acceptors (Lipinski definition) is 5. The van der Waals surface area contributed by atoms with Gasteiger partial charge in [0.05, 0.1) is 6.33 Å². The molecule has 1 aromatic rings. The minimum atomic E-state index is -0.572. The quantitative estimate of drug-likeness (QED) is 0.794. The van der Waals surface area contributed by atoms with Crippen molar-refractivity contribution in [3.8, 4) is 0 Å².